The predicted octanol–water partition coefficient (Wildman–Crippen LogP) is 2.89. The summed E-state index contributed by atoms with van der Waals surface area (Å²) in [6.45, 7) is -0.150. The Morgan fingerprint density at radius 1 is 1.11 bits per heavy atom. The van der Waals surface area contributed by atoms with Crippen LogP contribution >= 0.6 is 0 Å². The van der Waals surface area contributed by atoms with E-state index in [0.717, 1.165) is 24.4 Å². The lowest BCUT2D eigenvalue weighted by molar-refractivity contribution is -0.161. The van der Waals surface area contributed by atoms with Gasteiger partial charge < -0.3 is 10.2 Å². The Morgan fingerprint density at radius 3 is 2.47 bits per heavy atom. The van der Waals surface area contributed by atoms with Crippen LogP contribution < -0.4 is 10.6 Å². The first kappa shape index (κ1) is 25.1. The molecule has 4 rings (SSSR count). The predicted molar refractivity (Wildman–Crippen MR) is 108 cm³/mol. The lowest BCUT2D eigenvalue weighted by atomic mass is 10.0. The summed E-state index contributed by atoms with van der Waals surface area (Å²) < 4.78 is 81.0. The number of fused-ring (bicyclic) bond motifs is 1. The number of pyridine rings is 1. The molecule has 190 valence electrons. The van der Waals surface area contributed by atoms with E-state index in [4.69, 9.17) is 0 Å². The fraction of sp³-hybridized carbons (Fsp3) is 0.318. The molecule has 14 heteroatoms. The highest BCUT2D eigenvalue weighted by Crippen LogP contribution is 2.39. The number of piperidine rings is 1. The van der Waals surface area contributed by atoms with Gasteiger partial charge in [-0.1, -0.05) is 0 Å². The molecule has 3 heterocycles. The Kier molecular flexibility index (Phi) is 6.22. The van der Waals surface area contributed by atoms with E-state index in [0.29, 0.717) is 6.07 Å². The molecule has 0 spiro atoms. The number of hydrogen-bond donors (Lipinski definition) is 2. The summed E-state index contributed by atoms with van der Waals surface area (Å²) in [5.41, 5.74) is -3.06. The molecule has 0 radical (unpaired) electrons. The summed E-state index contributed by atoms with van der Waals surface area (Å²) in [6, 6.07) is 0.618. The standard InChI is InChI=1S/C22H16F6N4O4/c23-21(24,25)13-2-1-7-29-16(13)17(22(26,27)28)31-18(34)10-3-4-12-11(8-10)9-32(20(12)36)14-5-6-15(33)30-19(14)35/h1-4,7-8,14,17H,5-6,9H2,(H,31,34)(H,30,33,35)/t14?,17-/m1/s1. The number of nitrogens with zero attached hydrogens (tertiary/aromatic N) is 2. The van der Waals surface area contributed by atoms with Crippen molar-refractivity contribution in [1.82, 2.24) is 20.5 Å². The van der Waals surface area contributed by atoms with Crippen molar-refractivity contribution in [3.05, 3.63) is 64.5 Å². The zero-order valence-corrected chi connectivity index (χ0v) is 18.0. The van der Waals surface area contributed by atoms with Gasteiger partial charge in [-0.15, -0.1) is 0 Å². The van der Waals surface area contributed by atoms with Crippen molar-refractivity contribution in [2.24, 2.45) is 0 Å². The molecule has 8 nitrogen and oxygen atoms in total. The number of alkyl halides is 6. The average Bonchev–Trinajstić information content (AvgIpc) is 3.11. The van der Waals surface area contributed by atoms with E-state index >= 15 is 0 Å². The van der Waals surface area contributed by atoms with Gasteiger partial charge in [0.05, 0.1) is 11.3 Å². The van der Waals surface area contributed by atoms with Crippen LogP contribution in [0.1, 0.15) is 56.4 Å². The van der Waals surface area contributed by atoms with Gasteiger partial charge in [0.25, 0.3) is 11.8 Å². The van der Waals surface area contributed by atoms with Crippen molar-refractivity contribution in [2.75, 3.05) is 0 Å². The van der Waals surface area contributed by atoms with E-state index in [-0.39, 0.29) is 36.1 Å². The maximum Gasteiger partial charge on any atom is 0.418 e. The van der Waals surface area contributed by atoms with Crippen molar-refractivity contribution in [1.29, 1.82) is 0 Å². The van der Waals surface area contributed by atoms with E-state index < -0.39 is 59.3 Å². The van der Waals surface area contributed by atoms with E-state index in [2.05, 4.69) is 10.3 Å². The first-order valence-corrected chi connectivity index (χ1v) is 10.4. The molecule has 2 atom stereocenters. The molecule has 2 aliphatic heterocycles. The second-order valence-corrected chi connectivity index (χ2v) is 8.15. The van der Waals surface area contributed by atoms with Gasteiger partial charge in [0, 0.05) is 30.3 Å². The number of nitrogens with one attached hydrogen (secondary N) is 2. The number of amides is 4. The lowest BCUT2D eigenvalue weighted by Gasteiger charge is -2.29. The van der Waals surface area contributed by atoms with Crippen LogP contribution in [-0.4, -0.2) is 45.7 Å². The zero-order chi connectivity index (χ0) is 26.4. The number of aromatic nitrogens is 1. The van der Waals surface area contributed by atoms with Crippen LogP contribution in [0, 0.1) is 0 Å². The molecule has 1 aromatic carbocycles. The smallest absolute Gasteiger partial charge is 0.335 e. The highest BCUT2D eigenvalue weighted by molar-refractivity contribution is 6.06. The number of carbonyl (C=O) groups is 4. The van der Waals surface area contributed by atoms with E-state index in [1.54, 1.807) is 5.32 Å². The Morgan fingerprint density at radius 2 is 1.83 bits per heavy atom. The van der Waals surface area contributed by atoms with Crippen LogP contribution in [0.15, 0.2) is 36.5 Å². The van der Waals surface area contributed by atoms with E-state index in [1.165, 1.54) is 11.0 Å². The van der Waals surface area contributed by atoms with Crippen LogP contribution in [0.3, 0.4) is 0 Å². The minimum Gasteiger partial charge on any atom is -0.335 e. The van der Waals surface area contributed by atoms with Gasteiger partial charge in [-0.2, -0.15) is 26.3 Å². The van der Waals surface area contributed by atoms with Crippen LogP contribution in [0.2, 0.25) is 0 Å². The van der Waals surface area contributed by atoms with Crippen molar-refractivity contribution in [2.45, 2.75) is 43.8 Å². The molecular formula is C22H16F6N4O4. The summed E-state index contributed by atoms with van der Waals surface area (Å²) >= 11 is 0. The second kappa shape index (κ2) is 8.91. The number of hydrogen-bond acceptors (Lipinski definition) is 5. The molecule has 1 aromatic heterocycles. The third kappa shape index (κ3) is 4.75. The molecule has 4 amide bonds. The summed E-state index contributed by atoms with van der Waals surface area (Å²) in [7, 11) is 0. The van der Waals surface area contributed by atoms with Gasteiger partial charge in [0.15, 0.2) is 6.04 Å². The largest absolute Gasteiger partial charge is 0.418 e. The van der Waals surface area contributed by atoms with Gasteiger partial charge in [0.2, 0.25) is 11.8 Å². The maximum absolute atomic E-state index is 13.7. The van der Waals surface area contributed by atoms with Gasteiger partial charge in [-0.25, -0.2) is 0 Å². The van der Waals surface area contributed by atoms with Crippen LogP contribution in [0.4, 0.5) is 26.3 Å². The third-order valence-electron chi connectivity index (χ3n) is 5.81. The molecule has 0 aliphatic carbocycles. The summed E-state index contributed by atoms with van der Waals surface area (Å²) in [4.78, 5) is 53.3. The van der Waals surface area contributed by atoms with E-state index in [9.17, 15) is 45.5 Å². The first-order chi connectivity index (χ1) is 16.8. The molecule has 2 N–H and O–H groups in total. The molecular weight excluding hydrogens is 498 g/mol. The molecule has 2 aromatic rings. The van der Waals surface area contributed by atoms with Crippen molar-refractivity contribution < 1.29 is 45.5 Å². The highest BCUT2D eigenvalue weighted by Gasteiger charge is 2.48. The quantitative estimate of drug-likeness (QED) is 0.482. The van der Waals surface area contributed by atoms with Crippen molar-refractivity contribution in [3.63, 3.8) is 0 Å². The van der Waals surface area contributed by atoms with Crippen molar-refractivity contribution >= 4 is 23.6 Å². The number of rotatable bonds is 4. The second-order valence-electron chi connectivity index (χ2n) is 8.15. The average molecular weight is 514 g/mol. The Balaban J connectivity index is 1.59. The van der Waals surface area contributed by atoms with Gasteiger partial charge in [-0.05, 0) is 42.3 Å². The molecule has 0 bridgehead atoms. The van der Waals surface area contributed by atoms with Crippen molar-refractivity contribution in [3.8, 4) is 0 Å². The fourth-order valence-electron chi connectivity index (χ4n) is 4.12. The molecule has 1 fully saturated rings. The molecule has 0 saturated carbocycles. The minimum atomic E-state index is -5.31. The van der Waals surface area contributed by atoms with Gasteiger partial charge in [0.1, 0.15) is 6.04 Å². The number of halogens is 6. The lowest BCUT2D eigenvalue weighted by Crippen LogP contribution is -2.52. The Bertz CT molecular complexity index is 1260. The van der Waals surface area contributed by atoms with Crippen LogP contribution in [0.5, 0.6) is 0 Å². The topological polar surface area (TPSA) is 108 Å². The van der Waals surface area contributed by atoms with Gasteiger partial charge >= 0.3 is 12.4 Å². The zero-order valence-electron chi connectivity index (χ0n) is 18.0. The SMILES string of the molecule is O=C1CCC(N2Cc3cc(C(=O)N[C@H](c4ncccc4C(F)(F)F)C(F)(F)F)ccc3C2=O)C(=O)N1. The summed E-state index contributed by atoms with van der Waals surface area (Å²) in [5.74, 6) is -3.07. The fourth-order valence-corrected chi connectivity index (χ4v) is 4.12. The Hall–Kier alpha value is -3.97. The number of imide groups is 1. The highest BCUT2D eigenvalue weighted by atomic mass is 19.4. The number of benzene rings is 1. The number of carbonyl (C=O) groups excluding carboxylic acids is 4. The molecule has 36 heavy (non-hydrogen) atoms. The first-order valence-electron chi connectivity index (χ1n) is 10.4. The molecule has 1 unspecified atom stereocenters. The minimum absolute atomic E-state index is 0.0104. The Labute approximate surface area is 198 Å². The summed E-state index contributed by atoms with van der Waals surface area (Å²) in [5, 5.41) is 3.69. The normalized spacial score (nSPS) is 19.1. The van der Waals surface area contributed by atoms with Gasteiger partial charge in [-0.3, -0.25) is 29.5 Å². The monoisotopic (exact) mass is 514 g/mol. The van der Waals surface area contributed by atoms with E-state index in [1.807, 2.05) is 0 Å². The third-order valence-corrected chi connectivity index (χ3v) is 5.81. The maximum atomic E-state index is 13.7. The van der Waals surface area contributed by atoms with Crippen LogP contribution in [0.25, 0.3) is 0 Å². The van der Waals surface area contributed by atoms with Crippen LogP contribution in [-0.2, 0) is 22.3 Å². The molecule has 2 aliphatic rings. The molecule has 1 saturated heterocycles. The summed E-state index contributed by atoms with van der Waals surface area (Å²) in [6.07, 6.45) is -9.61.